The number of fused-ring (bicyclic) bond motifs is 1. The number of aromatic nitrogens is 1. The number of pyridine rings is 1. The molecular formula is C19H22N4O3. The number of rotatable bonds is 4. The van der Waals surface area contributed by atoms with Crippen molar-refractivity contribution in [1.82, 2.24) is 9.88 Å². The molecule has 1 aromatic heterocycles. The van der Waals surface area contributed by atoms with Gasteiger partial charge in [0.15, 0.2) is 5.75 Å². The number of nitrogens with one attached hydrogen (secondary N) is 1. The van der Waals surface area contributed by atoms with Gasteiger partial charge in [0.05, 0.1) is 17.8 Å². The topological polar surface area (TPSA) is 97.6 Å². The van der Waals surface area contributed by atoms with Crippen LogP contribution < -0.4 is 15.8 Å². The van der Waals surface area contributed by atoms with Gasteiger partial charge in [0.2, 0.25) is 0 Å². The van der Waals surface area contributed by atoms with Gasteiger partial charge in [-0.3, -0.25) is 14.6 Å². The molecule has 0 radical (unpaired) electrons. The van der Waals surface area contributed by atoms with Gasteiger partial charge in [0.1, 0.15) is 6.10 Å². The summed E-state index contributed by atoms with van der Waals surface area (Å²) < 4.78 is 6.01. The minimum absolute atomic E-state index is 0.0150. The molecule has 1 aromatic carbocycles. The lowest BCUT2D eigenvalue weighted by Crippen LogP contribution is -2.44. The fraction of sp³-hybridized carbons (Fsp3) is 0.316. The van der Waals surface area contributed by atoms with E-state index in [1.165, 1.54) is 0 Å². The molecule has 0 unspecified atom stereocenters. The maximum atomic E-state index is 12.9. The Morgan fingerprint density at radius 1 is 1.35 bits per heavy atom. The van der Waals surface area contributed by atoms with Crippen LogP contribution in [0, 0.1) is 0 Å². The number of hydrogen-bond acceptors (Lipinski definition) is 5. The largest absolute Gasteiger partial charge is 0.484 e. The van der Waals surface area contributed by atoms with Crippen LogP contribution in [0.2, 0.25) is 0 Å². The Labute approximate surface area is 152 Å². The SMILES string of the molecule is CC(C)N1C[C@@H](CN)Oc2c(NC(=O)c3ccncc3)cccc2C1=O. The number of para-hydroxylation sites is 1. The zero-order chi connectivity index (χ0) is 18.7. The average Bonchev–Trinajstić information content (AvgIpc) is 2.80. The zero-order valence-electron chi connectivity index (χ0n) is 14.8. The maximum Gasteiger partial charge on any atom is 0.258 e. The molecule has 0 spiro atoms. The molecule has 0 aliphatic carbocycles. The summed E-state index contributed by atoms with van der Waals surface area (Å²) in [7, 11) is 0. The number of nitrogens with two attached hydrogens (primary N) is 1. The molecular weight excluding hydrogens is 332 g/mol. The highest BCUT2D eigenvalue weighted by Crippen LogP contribution is 2.34. The predicted molar refractivity (Wildman–Crippen MR) is 98.3 cm³/mol. The summed E-state index contributed by atoms with van der Waals surface area (Å²) in [6.07, 6.45) is 2.75. The molecule has 0 saturated carbocycles. The molecule has 0 saturated heterocycles. The highest BCUT2D eigenvalue weighted by molar-refractivity contribution is 6.07. The van der Waals surface area contributed by atoms with E-state index in [4.69, 9.17) is 10.5 Å². The van der Waals surface area contributed by atoms with E-state index in [0.717, 1.165) is 0 Å². The van der Waals surface area contributed by atoms with E-state index in [9.17, 15) is 9.59 Å². The minimum Gasteiger partial charge on any atom is -0.484 e. The lowest BCUT2D eigenvalue weighted by molar-refractivity contribution is 0.0655. The third-order valence-corrected chi connectivity index (χ3v) is 4.27. The molecule has 1 atom stereocenters. The number of carbonyl (C=O) groups excluding carboxylic acids is 2. The first-order valence-corrected chi connectivity index (χ1v) is 8.53. The molecule has 0 bridgehead atoms. The second kappa shape index (κ2) is 7.53. The summed E-state index contributed by atoms with van der Waals surface area (Å²) in [5, 5.41) is 2.82. The lowest BCUT2D eigenvalue weighted by Gasteiger charge is -2.27. The van der Waals surface area contributed by atoms with Crippen molar-refractivity contribution >= 4 is 17.5 Å². The van der Waals surface area contributed by atoms with Crippen LogP contribution in [-0.2, 0) is 0 Å². The van der Waals surface area contributed by atoms with E-state index in [2.05, 4.69) is 10.3 Å². The first-order chi connectivity index (χ1) is 12.5. The Morgan fingerprint density at radius 3 is 2.73 bits per heavy atom. The predicted octanol–water partition coefficient (Wildman–Crippen LogP) is 1.90. The van der Waals surface area contributed by atoms with Gasteiger partial charge in [-0.1, -0.05) is 6.07 Å². The summed E-state index contributed by atoms with van der Waals surface area (Å²) in [6, 6.07) is 8.39. The third kappa shape index (κ3) is 3.52. The monoisotopic (exact) mass is 354 g/mol. The van der Waals surface area contributed by atoms with Crippen LogP contribution in [0.5, 0.6) is 5.75 Å². The number of benzene rings is 1. The van der Waals surface area contributed by atoms with Gasteiger partial charge in [0.25, 0.3) is 11.8 Å². The fourth-order valence-electron chi connectivity index (χ4n) is 2.86. The maximum absolute atomic E-state index is 12.9. The van der Waals surface area contributed by atoms with Gasteiger partial charge in [-0.2, -0.15) is 0 Å². The number of ether oxygens (including phenoxy) is 1. The quantitative estimate of drug-likeness (QED) is 0.874. The Bertz CT molecular complexity index is 808. The molecule has 0 fully saturated rings. The highest BCUT2D eigenvalue weighted by atomic mass is 16.5. The molecule has 2 heterocycles. The Hall–Kier alpha value is -2.93. The van der Waals surface area contributed by atoms with Crippen molar-refractivity contribution in [1.29, 1.82) is 0 Å². The van der Waals surface area contributed by atoms with Crippen LogP contribution in [0.3, 0.4) is 0 Å². The summed E-state index contributed by atoms with van der Waals surface area (Å²) >= 11 is 0. The van der Waals surface area contributed by atoms with E-state index >= 15 is 0 Å². The van der Waals surface area contributed by atoms with Crippen LogP contribution in [0.25, 0.3) is 0 Å². The van der Waals surface area contributed by atoms with Gasteiger partial charge >= 0.3 is 0 Å². The van der Waals surface area contributed by atoms with E-state index < -0.39 is 0 Å². The van der Waals surface area contributed by atoms with Gasteiger partial charge < -0.3 is 20.7 Å². The van der Waals surface area contributed by atoms with Crippen molar-refractivity contribution < 1.29 is 14.3 Å². The second-order valence-electron chi connectivity index (χ2n) is 6.40. The smallest absolute Gasteiger partial charge is 0.258 e. The molecule has 1 aliphatic heterocycles. The van der Waals surface area contributed by atoms with Gasteiger partial charge in [-0.25, -0.2) is 0 Å². The molecule has 2 amide bonds. The summed E-state index contributed by atoms with van der Waals surface area (Å²) in [4.78, 5) is 31.0. The Balaban J connectivity index is 1.97. The molecule has 1 aliphatic rings. The number of amides is 2. The van der Waals surface area contributed by atoms with E-state index in [1.807, 2.05) is 13.8 Å². The minimum atomic E-state index is -0.346. The average molecular weight is 354 g/mol. The van der Waals surface area contributed by atoms with Gasteiger partial charge in [-0.05, 0) is 38.1 Å². The fourth-order valence-corrected chi connectivity index (χ4v) is 2.86. The standard InChI is InChI=1S/C19H22N4O3/c1-12(2)23-11-14(10-20)26-17-15(19(23)25)4-3-5-16(17)22-18(24)13-6-8-21-9-7-13/h3-9,12,14H,10-11,20H2,1-2H3,(H,22,24)/t14-/m1/s1. The van der Waals surface area contributed by atoms with Gasteiger partial charge in [-0.15, -0.1) is 0 Å². The summed E-state index contributed by atoms with van der Waals surface area (Å²) in [5.74, 6) is -0.0735. The molecule has 3 N–H and O–H groups in total. The first-order valence-electron chi connectivity index (χ1n) is 8.53. The van der Waals surface area contributed by atoms with Crippen molar-refractivity contribution in [3.05, 3.63) is 53.9 Å². The van der Waals surface area contributed by atoms with Crippen LogP contribution >= 0.6 is 0 Å². The summed E-state index contributed by atoms with van der Waals surface area (Å²) in [6.45, 7) is 4.57. The number of anilines is 1. The van der Waals surface area contributed by atoms with Crippen LogP contribution in [-0.4, -0.2) is 46.9 Å². The third-order valence-electron chi connectivity index (χ3n) is 4.27. The molecule has 2 aromatic rings. The van der Waals surface area contributed by atoms with E-state index in [0.29, 0.717) is 29.1 Å². The number of hydrogen-bond donors (Lipinski definition) is 2. The first kappa shape index (κ1) is 17.9. The van der Waals surface area contributed by atoms with Crippen LogP contribution in [0.15, 0.2) is 42.7 Å². The van der Waals surface area contributed by atoms with Crippen molar-refractivity contribution in [2.45, 2.75) is 26.0 Å². The Morgan fingerprint density at radius 2 is 2.08 bits per heavy atom. The van der Waals surface area contributed by atoms with Crippen molar-refractivity contribution in [2.75, 3.05) is 18.4 Å². The number of nitrogens with zero attached hydrogens (tertiary/aromatic N) is 2. The normalized spacial score (nSPS) is 16.7. The number of carbonyl (C=O) groups is 2. The lowest BCUT2D eigenvalue weighted by atomic mass is 10.1. The van der Waals surface area contributed by atoms with Crippen molar-refractivity contribution in [3.8, 4) is 5.75 Å². The molecule has 7 nitrogen and oxygen atoms in total. The van der Waals surface area contributed by atoms with Gasteiger partial charge in [0, 0.05) is 30.5 Å². The zero-order valence-corrected chi connectivity index (χ0v) is 14.8. The second-order valence-corrected chi connectivity index (χ2v) is 6.40. The van der Waals surface area contributed by atoms with Crippen LogP contribution in [0.1, 0.15) is 34.6 Å². The van der Waals surface area contributed by atoms with Crippen LogP contribution in [0.4, 0.5) is 5.69 Å². The summed E-state index contributed by atoms with van der Waals surface area (Å²) in [5.41, 5.74) is 7.16. The van der Waals surface area contributed by atoms with E-state index in [-0.39, 0.29) is 30.5 Å². The Kier molecular flexibility index (Phi) is 5.18. The molecule has 26 heavy (non-hydrogen) atoms. The highest BCUT2D eigenvalue weighted by Gasteiger charge is 2.31. The van der Waals surface area contributed by atoms with Crippen molar-refractivity contribution in [2.24, 2.45) is 5.73 Å². The molecule has 3 rings (SSSR count). The molecule has 7 heteroatoms. The van der Waals surface area contributed by atoms with E-state index in [1.54, 1.807) is 47.6 Å². The molecule has 136 valence electrons. The van der Waals surface area contributed by atoms with Crippen molar-refractivity contribution in [3.63, 3.8) is 0 Å².